The third-order valence-electron chi connectivity index (χ3n) is 4.18. The summed E-state index contributed by atoms with van der Waals surface area (Å²) in [6.07, 6.45) is -4.74. The lowest BCUT2D eigenvalue weighted by Gasteiger charge is -2.13. The van der Waals surface area contributed by atoms with Crippen molar-refractivity contribution in [2.24, 2.45) is 4.36 Å². The summed E-state index contributed by atoms with van der Waals surface area (Å²) in [4.78, 5) is 0. The second kappa shape index (κ2) is 7.27. The molecule has 0 aliphatic heterocycles. The Morgan fingerprint density at radius 2 is 1.75 bits per heavy atom. The molecule has 3 aromatic rings. The summed E-state index contributed by atoms with van der Waals surface area (Å²) in [7, 11) is 0. The van der Waals surface area contributed by atoms with Crippen molar-refractivity contribution in [3.8, 4) is 16.9 Å². The molecule has 28 heavy (non-hydrogen) atoms. The number of nitrogens with zero attached hydrogens (tertiary/aromatic N) is 3. The van der Waals surface area contributed by atoms with Gasteiger partial charge < -0.3 is 0 Å². The number of halogens is 5. The standard InChI is InChI=1S/C18H12F5N3OS/c1-9-3-6-14(10(2)17(9)25-28-27)26-15(8-16(24-26)18(21,22)23)11-4-5-12(19)13(20)7-11/h3-8H,1-2H3. The van der Waals surface area contributed by atoms with Crippen molar-refractivity contribution in [3.05, 3.63) is 64.9 Å². The second-order valence-corrected chi connectivity index (χ2v) is 6.33. The van der Waals surface area contributed by atoms with E-state index in [9.17, 15) is 26.2 Å². The first kappa shape index (κ1) is 19.9. The fourth-order valence-corrected chi connectivity index (χ4v) is 3.15. The highest BCUT2D eigenvalue weighted by Gasteiger charge is 2.35. The Labute approximate surface area is 159 Å². The number of alkyl halides is 3. The van der Waals surface area contributed by atoms with E-state index < -0.39 is 23.5 Å². The van der Waals surface area contributed by atoms with Gasteiger partial charge in [-0.2, -0.15) is 26.8 Å². The monoisotopic (exact) mass is 413 g/mol. The van der Waals surface area contributed by atoms with E-state index in [0.29, 0.717) is 16.8 Å². The van der Waals surface area contributed by atoms with E-state index in [1.807, 2.05) is 0 Å². The average Bonchev–Trinajstić information content (AvgIpc) is 3.06. The third-order valence-corrected chi connectivity index (χ3v) is 4.43. The highest BCUT2D eigenvalue weighted by Crippen LogP contribution is 2.36. The Hall–Kier alpha value is -2.88. The highest BCUT2D eigenvalue weighted by molar-refractivity contribution is 7.54. The molecule has 3 rings (SSSR count). The number of aromatic nitrogens is 2. The second-order valence-electron chi connectivity index (χ2n) is 5.99. The summed E-state index contributed by atoms with van der Waals surface area (Å²) < 4.78 is 82.3. The van der Waals surface area contributed by atoms with E-state index >= 15 is 0 Å². The molecule has 0 N–H and O–H groups in total. The zero-order chi connectivity index (χ0) is 20.6. The summed E-state index contributed by atoms with van der Waals surface area (Å²) in [5, 5.41) is 3.62. The first-order valence-electron chi connectivity index (χ1n) is 7.86. The van der Waals surface area contributed by atoms with Crippen molar-refractivity contribution >= 4 is 17.2 Å². The molecule has 0 atom stereocenters. The molecule has 1 heterocycles. The maximum absolute atomic E-state index is 13.7. The third kappa shape index (κ3) is 3.59. The molecule has 1 aromatic heterocycles. The Morgan fingerprint density at radius 1 is 1.04 bits per heavy atom. The molecule has 0 radical (unpaired) electrons. The molecule has 0 unspecified atom stereocenters. The molecular formula is C18H12F5N3OS. The first-order chi connectivity index (χ1) is 13.1. The molecule has 0 bridgehead atoms. The number of aryl methyl sites for hydroxylation is 1. The van der Waals surface area contributed by atoms with Crippen LogP contribution < -0.4 is 0 Å². The smallest absolute Gasteiger partial charge is 0.232 e. The average molecular weight is 413 g/mol. The van der Waals surface area contributed by atoms with E-state index in [0.717, 1.165) is 28.9 Å². The van der Waals surface area contributed by atoms with Gasteiger partial charge in [-0.25, -0.2) is 13.5 Å². The van der Waals surface area contributed by atoms with Crippen LogP contribution in [0.25, 0.3) is 16.9 Å². The van der Waals surface area contributed by atoms with Crippen molar-refractivity contribution in [3.63, 3.8) is 0 Å². The van der Waals surface area contributed by atoms with E-state index in [1.54, 1.807) is 19.9 Å². The lowest BCUT2D eigenvalue weighted by molar-refractivity contribution is -0.141. The quantitative estimate of drug-likeness (QED) is 0.534. The van der Waals surface area contributed by atoms with Gasteiger partial charge in [0.1, 0.15) is 0 Å². The lowest BCUT2D eigenvalue weighted by Crippen LogP contribution is -2.08. The number of rotatable bonds is 3. The summed E-state index contributed by atoms with van der Waals surface area (Å²) in [6.45, 7) is 3.29. The van der Waals surface area contributed by atoms with Crippen LogP contribution in [-0.2, 0) is 17.6 Å². The van der Waals surface area contributed by atoms with E-state index in [-0.39, 0.29) is 28.4 Å². The van der Waals surface area contributed by atoms with Gasteiger partial charge in [0.2, 0.25) is 11.5 Å². The Bertz CT molecular complexity index is 1120. The normalized spacial score (nSPS) is 11.5. The van der Waals surface area contributed by atoms with Crippen molar-refractivity contribution in [1.82, 2.24) is 9.78 Å². The van der Waals surface area contributed by atoms with Gasteiger partial charge in [0.15, 0.2) is 17.3 Å². The summed E-state index contributed by atoms with van der Waals surface area (Å²) in [5.41, 5.74) is 0.360. The topological polar surface area (TPSA) is 47.2 Å². The van der Waals surface area contributed by atoms with E-state index in [4.69, 9.17) is 0 Å². The molecule has 0 fully saturated rings. The fourth-order valence-electron chi connectivity index (χ4n) is 2.80. The molecule has 0 amide bonds. The first-order valence-corrected chi connectivity index (χ1v) is 8.56. The van der Waals surface area contributed by atoms with Crippen LogP contribution in [0.2, 0.25) is 0 Å². The van der Waals surface area contributed by atoms with Crippen LogP contribution in [0.15, 0.2) is 40.8 Å². The minimum Gasteiger partial charge on any atom is -0.232 e. The SMILES string of the molecule is Cc1ccc(-n2nc(C(F)(F)F)cc2-c2ccc(F)c(F)c2)c(C)c1N=S=O. The summed E-state index contributed by atoms with van der Waals surface area (Å²) in [5.74, 6) is -2.32. The predicted octanol–water partition coefficient (Wildman–Crippen LogP) is 5.48. The number of hydrogen-bond donors (Lipinski definition) is 0. The molecular weight excluding hydrogens is 401 g/mol. The van der Waals surface area contributed by atoms with Crippen molar-refractivity contribution in [2.75, 3.05) is 0 Å². The van der Waals surface area contributed by atoms with Gasteiger partial charge in [0, 0.05) is 11.1 Å². The van der Waals surface area contributed by atoms with Crippen molar-refractivity contribution in [2.45, 2.75) is 20.0 Å². The van der Waals surface area contributed by atoms with Crippen LogP contribution in [0, 0.1) is 25.5 Å². The molecule has 146 valence electrons. The Morgan fingerprint density at radius 3 is 2.36 bits per heavy atom. The highest BCUT2D eigenvalue weighted by atomic mass is 32.1. The number of hydrogen-bond acceptors (Lipinski definition) is 3. The van der Waals surface area contributed by atoms with Gasteiger partial charge in [-0.05, 0) is 49.7 Å². The van der Waals surface area contributed by atoms with Crippen molar-refractivity contribution in [1.29, 1.82) is 0 Å². The van der Waals surface area contributed by atoms with Gasteiger partial charge in [-0.3, -0.25) is 0 Å². The van der Waals surface area contributed by atoms with Crippen LogP contribution >= 0.6 is 0 Å². The van der Waals surface area contributed by atoms with Gasteiger partial charge >= 0.3 is 6.18 Å². The minimum atomic E-state index is -4.74. The van der Waals surface area contributed by atoms with Gasteiger partial charge in [-0.1, -0.05) is 6.07 Å². The maximum atomic E-state index is 13.7. The largest absolute Gasteiger partial charge is 0.435 e. The predicted molar refractivity (Wildman–Crippen MR) is 93.6 cm³/mol. The van der Waals surface area contributed by atoms with Crippen LogP contribution in [-0.4, -0.2) is 14.0 Å². The molecule has 0 aliphatic carbocycles. The molecule has 2 aromatic carbocycles. The van der Waals surface area contributed by atoms with E-state index in [2.05, 4.69) is 9.46 Å². The molecule has 0 saturated carbocycles. The molecule has 4 nitrogen and oxygen atoms in total. The Kier molecular flexibility index (Phi) is 5.16. The van der Waals surface area contributed by atoms with Crippen molar-refractivity contribution < 1.29 is 26.2 Å². The van der Waals surface area contributed by atoms with Crippen LogP contribution in [0.1, 0.15) is 16.8 Å². The molecule has 0 saturated heterocycles. The zero-order valence-corrected chi connectivity index (χ0v) is 15.3. The van der Waals surface area contributed by atoms with Crippen LogP contribution in [0.5, 0.6) is 0 Å². The minimum absolute atomic E-state index is 0.0126. The molecule has 0 aliphatic rings. The maximum Gasteiger partial charge on any atom is 0.435 e. The van der Waals surface area contributed by atoms with Gasteiger partial charge in [0.25, 0.3) is 0 Å². The molecule has 10 heteroatoms. The Balaban J connectivity index is 2.32. The van der Waals surface area contributed by atoms with Crippen LogP contribution in [0.4, 0.5) is 27.6 Å². The molecule has 0 spiro atoms. The summed E-state index contributed by atoms with van der Waals surface area (Å²) in [6, 6.07) is 6.65. The zero-order valence-electron chi connectivity index (χ0n) is 14.5. The fraction of sp³-hybridized carbons (Fsp3) is 0.167. The summed E-state index contributed by atoms with van der Waals surface area (Å²) >= 11 is -0.0254. The van der Waals surface area contributed by atoms with E-state index in [1.165, 1.54) is 6.07 Å². The van der Waals surface area contributed by atoms with Gasteiger partial charge in [0.05, 0.1) is 17.1 Å². The van der Waals surface area contributed by atoms with Crippen LogP contribution in [0.3, 0.4) is 0 Å². The number of benzene rings is 2. The lowest BCUT2D eigenvalue weighted by atomic mass is 10.1. The van der Waals surface area contributed by atoms with Gasteiger partial charge in [-0.15, -0.1) is 0 Å².